The van der Waals surface area contributed by atoms with Gasteiger partial charge in [-0.1, -0.05) is 0 Å². The summed E-state index contributed by atoms with van der Waals surface area (Å²) in [5.74, 6) is 2.24. The summed E-state index contributed by atoms with van der Waals surface area (Å²) >= 11 is 0. The van der Waals surface area contributed by atoms with E-state index in [2.05, 4.69) is 14.9 Å². The summed E-state index contributed by atoms with van der Waals surface area (Å²) in [4.78, 5) is 30.6. The van der Waals surface area contributed by atoms with Crippen molar-refractivity contribution in [2.24, 2.45) is 5.92 Å². The second-order valence-corrected chi connectivity index (χ2v) is 8.51. The lowest BCUT2D eigenvalue weighted by Crippen LogP contribution is -2.24. The summed E-state index contributed by atoms with van der Waals surface area (Å²) in [6.45, 7) is 2.44. The number of hydrogen-bond donors (Lipinski definition) is 1. The van der Waals surface area contributed by atoms with E-state index in [1.54, 1.807) is 31.5 Å². The van der Waals surface area contributed by atoms with Gasteiger partial charge in [0.25, 0.3) is 11.8 Å². The van der Waals surface area contributed by atoms with Gasteiger partial charge < -0.3 is 24.4 Å². The van der Waals surface area contributed by atoms with Gasteiger partial charge in [0.15, 0.2) is 5.75 Å². The van der Waals surface area contributed by atoms with Gasteiger partial charge in [-0.05, 0) is 49.1 Å². The number of carbonyl (C=O) groups is 1. The van der Waals surface area contributed by atoms with Gasteiger partial charge in [0.05, 0.1) is 49.6 Å². The van der Waals surface area contributed by atoms with Crippen LogP contribution in [0.2, 0.25) is 0 Å². The number of carbonyl (C=O) groups excluding carboxylic acids is 1. The molecule has 1 saturated heterocycles. The predicted octanol–water partition coefficient (Wildman–Crippen LogP) is 2.92. The Bertz CT molecular complexity index is 1200. The average molecular weight is 462 g/mol. The van der Waals surface area contributed by atoms with Crippen molar-refractivity contribution in [2.45, 2.75) is 19.4 Å². The number of methoxy groups -OCH3 is 2. The minimum atomic E-state index is -0.0850. The van der Waals surface area contributed by atoms with Gasteiger partial charge in [0, 0.05) is 31.5 Å². The Morgan fingerprint density at radius 2 is 2.00 bits per heavy atom. The molecular formula is C25H27N5O4. The molecule has 2 aliphatic heterocycles. The molecule has 1 N–H and O–H groups in total. The molecule has 5 heterocycles. The van der Waals surface area contributed by atoms with Crippen molar-refractivity contribution >= 4 is 17.4 Å². The fourth-order valence-corrected chi connectivity index (χ4v) is 4.61. The Balaban J connectivity index is 1.34. The van der Waals surface area contributed by atoms with E-state index in [0.29, 0.717) is 41.0 Å². The van der Waals surface area contributed by atoms with Crippen molar-refractivity contribution in [3.63, 3.8) is 0 Å². The first-order valence-electron chi connectivity index (χ1n) is 11.3. The quantitative estimate of drug-likeness (QED) is 0.573. The van der Waals surface area contributed by atoms with Crippen LogP contribution in [0.15, 0.2) is 42.7 Å². The molecule has 1 unspecified atom stereocenters. The van der Waals surface area contributed by atoms with E-state index in [4.69, 9.17) is 14.5 Å². The molecule has 1 amide bonds. The van der Waals surface area contributed by atoms with Crippen LogP contribution in [0.25, 0.3) is 11.3 Å². The number of aliphatic hydroxyl groups excluding tert-OH is 1. The van der Waals surface area contributed by atoms with Crippen LogP contribution in [-0.4, -0.2) is 59.9 Å². The lowest BCUT2D eigenvalue weighted by atomic mass is 10.1. The lowest BCUT2D eigenvalue weighted by molar-refractivity contribution is 0.0996. The molecule has 5 rings (SSSR count). The number of ether oxygens (including phenoxy) is 2. The standard InChI is InChI=1S/C25H27N5O4/c1-33-22-11-17(12-27-24(22)34-2)20-5-4-19-21(28-20)15-30(25(19)32)18-3-6-23(26-13-18)29-9-7-16(14-29)8-10-31/h3-6,11-13,16,31H,7-10,14-15H2,1-2H3. The maximum absolute atomic E-state index is 13.1. The van der Waals surface area contributed by atoms with E-state index in [1.807, 2.05) is 30.3 Å². The lowest BCUT2D eigenvalue weighted by Gasteiger charge is -2.20. The number of aromatic nitrogens is 3. The summed E-state index contributed by atoms with van der Waals surface area (Å²) in [7, 11) is 3.10. The molecule has 0 aromatic carbocycles. The number of anilines is 2. The second-order valence-electron chi connectivity index (χ2n) is 8.51. The molecule has 0 saturated carbocycles. The first-order chi connectivity index (χ1) is 16.6. The maximum atomic E-state index is 13.1. The molecule has 1 fully saturated rings. The van der Waals surface area contributed by atoms with Crippen LogP contribution in [0.1, 0.15) is 28.9 Å². The first kappa shape index (κ1) is 22.1. The van der Waals surface area contributed by atoms with Crippen molar-refractivity contribution < 1.29 is 19.4 Å². The third-order valence-electron chi connectivity index (χ3n) is 6.48. The van der Waals surface area contributed by atoms with Crippen molar-refractivity contribution in [1.29, 1.82) is 0 Å². The highest BCUT2D eigenvalue weighted by Crippen LogP contribution is 2.33. The zero-order valence-electron chi connectivity index (χ0n) is 19.3. The van der Waals surface area contributed by atoms with Crippen LogP contribution in [0.5, 0.6) is 11.6 Å². The van der Waals surface area contributed by atoms with Crippen molar-refractivity contribution in [2.75, 3.05) is 43.7 Å². The summed E-state index contributed by atoms with van der Waals surface area (Å²) in [6, 6.07) is 9.34. The Morgan fingerprint density at radius 3 is 2.74 bits per heavy atom. The third-order valence-corrected chi connectivity index (χ3v) is 6.48. The summed E-state index contributed by atoms with van der Waals surface area (Å²) in [5.41, 5.74) is 3.54. The molecule has 176 valence electrons. The normalized spacial score (nSPS) is 17.3. The number of nitrogens with zero attached hydrogens (tertiary/aromatic N) is 5. The van der Waals surface area contributed by atoms with E-state index in [9.17, 15) is 9.90 Å². The molecule has 0 bridgehead atoms. The highest BCUT2D eigenvalue weighted by Gasteiger charge is 2.31. The van der Waals surface area contributed by atoms with Crippen LogP contribution in [-0.2, 0) is 6.54 Å². The summed E-state index contributed by atoms with van der Waals surface area (Å²) in [5, 5.41) is 9.18. The number of aliphatic hydroxyl groups is 1. The van der Waals surface area contributed by atoms with E-state index >= 15 is 0 Å². The summed E-state index contributed by atoms with van der Waals surface area (Å²) < 4.78 is 10.6. The number of fused-ring (bicyclic) bond motifs is 1. The van der Waals surface area contributed by atoms with E-state index in [0.717, 1.165) is 43.0 Å². The highest BCUT2D eigenvalue weighted by atomic mass is 16.5. The average Bonchev–Trinajstić information content (AvgIpc) is 3.48. The van der Waals surface area contributed by atoms with E-state index in [1.165, 1.54) is 0 Å². The Labute approximate surface area is 198 Å². The monoisotopic (exact) mass is 461 g/mol. The van der Waals surface area contributed by atoms with Crippen molar-refractivity contribution in [3.8, 4) is 22.9 Å². The highest BCUT2D eigenvalue weighted by molar-refractivity contribution is 6.09. The summed E-state index contributed by atoms with van der Waals surface area (Å²) in [6.07, 6.45) is 5.31. The zero-order chi connectivity index (χ0) is 23.7. The Hall–Kier alpha value is -3.72. The van der Waals surface area contributed by atoms with Crippen LogP contribution in [0.3, 0.4) is 0 Å². The van der Waals surface area contributed by atoms with Gasteiger partial charge >= 0.3 is 0 Å². The van der Waals surface area contributed by atoms with Gasteiger partial charge in [-0.3, -0.25) is 9.78 Å². The molecule has 9 nitrogen and oxygen atoms in total. The van der Waals surface area contributed by atoms with Crippen LogP contribution in [0.4, 0.5) is 11.5 Å². The van der Waals surface area contributed by atoms with Crippen molar-refractivity contribution in [1.82, 2.24) is 15.0 Å². The fraction of sp³-hybridized carbons (Fsp3) is 0.360. The Kier molecular flexibility index (Phi) is 6.02. The molecule has 0 aliphatic carbocycles. The van der Waals surface area contributed by atoms with Crippen molar-refractivity contribution in [3.05, 3.63) is 54.0 Å². The predicted molar refractivity (Wildman–Crippen MR) is 127 cm³/mol. The SMILES string of the molecule is COc1cc(-c2ccc3c(n2)CN(c2ccc(N4CCC(CCO)C4)nc2)C3=O)cnc1OC. The van der Waals surface area contributed by atoms with Gasteiger partial charge in [-0.25, -0.2) is 9.97 Å². The van der Waals surface area contributed by atoms with Gasteiger partial charge in [0.2, 0.25) is 0 Å². The molecule has 9 heteroatoms. The molecular weight excluding hydrogens is 434 g/mol. The van der Waals surface area contributed by atoms with Crippen LogP contribution < -0.4 is 19.3 Å². The molecule has 3 aromatic heterocycles. The van der Waals surface area contributed by atoms with Gasteiger partial charge in [-0.15, -0.1) is 0 Å². The molecule has 2 aliphatic rings. The largest absolute Gasteiger partial charge is 0.491 e. The van der Waals surface area contributed by atoms with Crippen LogP contribution in [0, 0.1) is 5.92 Å². The van der Waals surface area contributed by atoms with Crippen LogP contribution >= 0.6 is 0 Å². The maximum Gasteiger partial charge on any atom is 0.260 e. The Morgan fingerprint density at radius 1 is 1.12 bits per heavy atom. The number of amides is 1. The third kappa shape index (κ3) is 4.03. The molecule has 0 radical (unpaired) electrons. The molecule has 3 aromatic rings. The number of hydrogen-bond acceptors (Lipinski definition) is 8. The van der Waals surface area contributed by atoms with E-state index in [-0.39, 0.29) is 12.5 Å². The number of rotatable bonds is 7. The topological polar surface area (TPSA) is 101 Å². The first-order valence-corrected chi connectivity index (χ1v) is 11.3. The molecule has 0 spiro atoms. The number of pyridine rings is 3. The van der Waals surface area contributed by atoms with Gasteiger partial charge in [-0.2, -0.15) is 0 Å². The minimum Gasteiger partial charge on any atom is -0.491 e. The van der Waals surface area contributed by atoms with Gasteiger partial charge in [0.1, 0.15) is 5.82 Å². The molecule has 34 heavy (non-hydrogen) atoms. The fourth-order valence-electron chi connectivity index (χ4n) is 4.61. The minimum absolute atomic E-state index is 0.0850. The smallest absolute Gasteiger partial charge is 0.260 e. The molecule has 1 atom stereocenters. The zero-order valence-corrected chi connectivity index (χ0v) is 19.3. The van der Waals surface area contributed by atoms with E-state index < -0.39 is 0 Å². The second kappa shape index (κ2) is 9.26.